The van der Waals surface area contributed by atoms with Gasteiger partial charge in [0.25, 0.3) is 0 Å². The van der Waals surface area contributed by atoms with Gasteiger partial charge >= 0.3 is 0 Å². The SMILES string of the molecule is c1ccc2c(C3CCCCC3)nc(-c3ccc(N4CCOCC4)nc3)nc2c1. The Morgan fingerprint density at radius 1 is 0.893 bits per heavy atom. The molecule has 2 fully saturated rings. The predicted molar refractivity (Wildman–Crippen MR) is 112 cm³/mol. The maximum Gasteiger partial charge on any atom is 0.161 e. The Kier molecular flexibility index (Phi) is 4.92. The van der Waals surface area contributed by atoms with Crippen LogP contribution in [0.3, 0.4) is 0 Å². The van der Waals surface area contributed by atoms with Gasteiger partial charge in [-0.15, -0.1) is 0 Å². The molecule has 5 heteroatoms. The van der Waals surface area contributed by atoms with Gasteiger partial charge in [0.1, 0.15) is 5.82 Å². The second-order valence-corrected chi connectivity index (χ2v) is 7.79. The zero-order valence-electron chi connectivity index (χ0n) is 16.2. The summed E-state index contributed by atoms with van der Waals surface area (Å²) in [4.78, 5) is 16.9. The fraction of sp³-hybridized carbons (Fsp3) is 0.435. The Morgan fingerprint density at radius 3 is 2.50 bits per heavy atom. The summed E-state index contributed by atoms with van der Waals surface area (Å²) in [6.07, 6.45) is 8.32. The van der Waals surface area contributed by atoms with E-state index in [1.54, 1.807) is 0 Å². The van der Waals surface area contributed by atoms with Crippen LogP contribution in [-0.2, 0) is 4.74 Å². The molecule has 1 aliphatic carbocycles. The molecule has 1 saturated carbocycles. The fourth-order valence-corrected chi connectivity index (χ4v) is 4.42. The highest BCUT2D eigenvalue weighted by atomic mass is 16.5. The van der Waals surface area contributed by atoms with Crippen LogP contribution in [0, 0.1) is 0 Å². The Morgan fingerprint density at radius 2 is 1.71 bits per heavy atom. The Bertz CT molecular complexity index is 944. The number of hydrogen-bond donors (Lipinski definition) is 0. The van der Waals surface area contributed by atoms with Gasteiger partial charge in [-0.3, -0.25) is 0 Å². The standard InChI is InChI=1S/C23H26N4O/c1-2-6-17(7-3-1)22-19-8-4-5-9-20(19)25-23(26-22)18-10-11-21(24-16-18)27-12-14-28-15-13-27/h4-5,8-11,16-17H,1-3,6-7,12-15H2. The lowest BCUT2D eigenvalue weighted by atomic mass is 9.85. The van der Waals surface area contributed by atoms with E-state index in [4.69, 9.17) is 19.7 Å². The van der Waals surface area contributed by atoms with E-state index in [0.29, 0.717) is 5.92 Å². The summed E-state index contributed by atoms with van der Waals surface area (Å²) in [7, 11) is 0. The van der Waals surface area contributed by atoms with E-state index in [2.05, 4.69) is 41.3 Å². The second-order valence-electron chi connectivity index (χ2n) is 7.79. The van der Waals surface area contributed by atoms with E-state index in [1.165, 1.54) is 43.2 Å². The van der Waals surface area contributed by atoms with Crippen molar-refractivity contribution in [3.63, 3.8) is 0 Å². The van der Waals surface area contributed by atoms with Gasteiger partial charge in [0.2, 0.25) is 0 Å². The maximum atomic E-state index is 5.44. The first-order chi connectivity index (χ1) is 13.9. The predicted octanol–water partition coefficient (Wildman–Crippen LogP) is 4.58. The summed E-state index contributed by atoms with van der Waals surface area (Å²) < 4.78 is 5.44. The molecule has 0 bridgehead atoms. The van der Waals surface area contributed by atoms with E-state index in [0.717, 1.165) is 49.0 Å². The van der Waals surface area contributed by atoms with Crippen LogP contribution < -0.4 is 4.90 Å². The first kappa shape index (κ1) is 17.6. The molecule has 0 radical (unpaired) electrons. The number of anilines is 1. The third kappa shape index (κ3) is 3.47. The Hall–Kier alpha value is -2.53. The number of pyridine rings is 1. The van der Waals surface area contributed by atoms with Gasteiger partial charge in [0, 0.05) is 36.2 Å². The second kappa shape index (κ2) is 7.84. The molecule has 1 saturated heterocycles. The average Bonchev–Trinajstić information content (AvgIpc) is 2.79. The van der Waals surface area contributed by atoms with Crippen LogP contribution in [0.4, 0.5) is 5.82 Å². The molecular formula is C23H26N4O. The van der Waals surface area contributed by atoms with Gasteiger partial charge < -0.3 is 9.64 Å². The van der Waals surface area contributed by atoms with Crippen LogP contribution in [0.25, 0.3) is 22.3 Å². The van der Waals surface area contributed by atoms with E-state index in [9.17, 15) is 0 Å². The molecular weight excluding hydrogens is 348 g/mol. The average molecular weight is 374 g/mol. The fourth-order valence-electron chi connectivity index (χ4n) is 4.42. The molecule has 1 aliphatic heterocycles. The number of morpholine rings is 1. The Balaban J connectivity index is 1.51. The van der Waals surface area contributed by atoms with Gasteiger partial charge in [-0.05, 0) is 31.0 Å². The number of benzene rings is 1. The molecule has 0 N–H and O–H groups in total. The van der Waals surface area contributed by atoms with E-state index >= 15 is 0 Å². The Labute approximate surface area is 165 Å². The lowest BCUT2D eigenvalue weighted by Crippen LogP contribution is -2.36. The summed E-state index contributed by atoms with van der Waals surface area (Å²) in [5, 5.41) is 1.20. The van der Waals surface area contributed by atoms with Crippen molar-refractivity contribution < 1.29 is 4.74 Å². The minimum atomic E-state index is 0.543. The summed E-state index contributed by atoms with van der Waals surface area (Å²) >= 11 is 0. The van der Waals surface area contributed by atoms with Crippen LogP contribution in [-0.4, -0.2) is 41.3 Å². The van der Waals surface area contributed by atoms with Crippen LogP contribution in [0.2, 0.25) is 0 Å². The number of aromatic nitrogens is 3. The first-order valence-electron chi connectivity index (χ1n) is 10.4. The number of rotatable bonds is 3. The largest absolute Gasteiger partial charge is 0.378 e. The van der Waals surface area contributed by atoms with Gasteiger partial charge in [-0.1, -0.05) is 37.5 Å². The zero-order chi connectivity index (χ0) is 18.8. The van der Waals surface area contributed by atoms with Crippen molar-refractivity contribution in [3.05, 3.63) is 48.3 Å². The minimum Gasteiger partial charge on any atom is -0.378 e. The van der Waals surface area contributed by atoms with E-state index in [1.807, 2.05) is 6.20 Å². The minimum absolute atomic E-state index is 0.543. The van der Waals surface area contributed by atoms with Gasteiger partial charge in [0.05, 0.1) is 24.4 Å². The molecule has 28 heavy (non-hydrogen) atoms. The first-order valence-corrected chi connectivity index (χ1v) is 10.4. The van der Waals surface area contributed by atoms with Crippen molar-refractivity contribution in [3.8, 4) is 11.4 Å². The van der Waals surface area contributed by atoms with Crippen molar-refractivity contribution in [1.29, 1.82) is 0 Å². The van der Waals surface area contributed by atoms with Gasteiger partial charge in [0.15, 0.2) is 5.82 Å². The summed E-state index contributed by atoms with van der Waals surface area (Å²) in [5.41, 5.74) is 3.24. The highest BCUT2D eigenvalue weighted by Gasteiger charge is 2.21. The molecule has 0 atom stereocenters. The molecule has 3 heterocycles. The zero-order valence-corrected chi connectivity index (χ0v) is 16.2. The molecule has 5 nitrogen and oxygen atoms in total. The number of para-hydroxylation sites is 1. The molecule has 0 unspecified atom stereocenters. The van der Waals surface area contributed by atoms with Crippen LogP contribution >= 0.6 is 0 Å². The lowest BCUT2D eigenvalue weighted by Gasteiger charge is -2.27. The highest BCUT2D eigenvalue weighted by Crippen LogP contribution is 2.36. The quantitative estimate of drug-likeness (QED) is 0.672. The van der Waals surface area contributed by atoms with Crippen molar-refractivity contribution in [2.45, 2.75) is 38.0 Å². The van der Waals surface area contributed by atoms with E-state index < -0.39 is 0 Å². The molecule has 3 aromatic rings. The van der Waals surface area contributed by atoms with Crippen LogP contribution in [0.15, 0.2) is 42.6 Å². The number of ether oxygens (including phenoxy) is 1. The van der Waals surface area contributed by atoms with E-state index in [-0.39, 0.29) is 0 Å². The molecule has 0 spiro atoms. The van der Waals surface area contributed by atoms with Crippen molar-refractivity contribution in [2.24, 2.45) is 0 Å². The normalized spacial score (nSPS) is 18.5. The number of hydrogen-bond acceptors (Lipinski definition) is 5. The monoisotopic (exact) mass is 374 g/mol. The van der Waals surface area contributed by atoms with Crippen LogP contribution in [0.1, 0.15) is 43.7 Å². The summed E-state index contributed by atoms with van der Waals surface area (Å²) in [6, 6.07) is 12.6. The third-order valence-corrected chi connectivity index (χ3v) is 5.97. The molecule has 2 aromatic heterocycles. The van der Waals surface area contributed by atoms with Gasteiger partial charge in [-0.2, -0.15) is 0 Å². The smallest absolute Gasteiger partial charge is 0.161 e. The van der Waals surface area contributed by atoms with Crippen LogP contribution in [0.5, 0.6) is 0 Å². The number of fused-ring (bicyclic) bond motifs is 1. The maximum absolute atomic E-state index is 5.44. The summed E-state index contributed by atoms with van der Waals surface area (Å²) in [5.74, 6) is 2.33. The molecule has 2 aliphatic rings. The number of nitrogens with zero attached hydrogens (tertiary/aromatic N) is 4. The van der Waals surface area contributed by atoms with Gasteiger partial charge in [-0.25, -0.2) is 15.0 Å². The lowest BCUT2D eigenvalue weighted by molar-refractivity contribution is 0.122. The molecule has 0 amide bonds. The molecule has 144 valence electrons. The highest BCUT2D eigenvalue weighted by molar-refractivity contribution is 5.83. The third-order valence-electron chi connectivity index (χ3n) is 5.97. The van der Waals surface area contributed by atoms with Crippen molar-refractivity contribution in [2.75, 3.05) is 31.2 Å². The van der Waals surface area contributed by atoms with Crippen molar-refractivity contribution >= 4 is 16.7 Å². The molecule has 5 rings (SSSR count). The molecule has 1 aromatic carbocycles. The topological polar surface area (TPSA) is 51.1 Å². The summed E-state index contributed by atoms with van der Waals surface area (Å²) in [6.45, 7) is 3.32. The van der Waals surface area contributed by atoms with Crippen molar-refractivity contribution in [1.82, 2.24) is 15.0 Å².